The van der Waals surface area contributed by atoms with Gasteiger partial charge in [-0.2, -0.15) is 0 Å². The van der Waals surface area contributed by atoms with Gasteiger partial charge in [-0.15, -0.1) is 11.3 Å². The number of ether oxygens (including phenoxy) is 2. The second kappa shape index (κ2) is 7.89. The maximum Gasteiger partial charge on any atom is 0.251 e. The molecule has 2 aliphatic heterocycles. The lowest BCUT2D eigenvalue weighted by Gasteiger charge is -2.35. The molecule has 1 amide bonds. The van der Waals surface area contributed by atoms with E-state index < -0.39 is 0 Å². The van der Waals surface area contributed by atoms with Crippen molar-refractivity contribution in [2.45, 2.75) is 19.0 Å². The fourth-order valence-corrected chi connectivity index (χ4v) is 4.86. The lowest BCUT2D eigenvalue weighted by Crippen LogP contribution is -2.40. The molecule has 1 aromatic heterocycles. The molecule has 1 atom stereocenters. The van der Waals surface area contributed by atoms with Crippen molar-refractivity contribution in [3.63, 3.8) is 0 Å². The Morgan fingerprint density at radius 2 is 1.93 bits per heavy atom. The Morgan fingerprint density at radius 3 is 2.79 bits per heavy atom. The molecule has 0 fully saturated rings. The van der Waals surface area contributed by atoms with E-state index in [0.717, 1.165) is 19.5 Å². The Kier molecular flexibility index (Phi) is 4.96. The van der Waals surface area contributed by atoms with Gasteiger partial charge in [0.1, 0.15) is 0 Å². The number of fused-ring (bicyclic) bond motifs is 2. The van der Waals surface area contributed by atoms with Crippen molar-refractivity contribution in [3.8, 4) is 11.5 Å². The number of carbonyl (C=O) groups excluding carboxylic acids is 1. The largest absolute Gasteiger partial charge is 0.454 e. The Hall–Kier alpha value is -2.83. The van der Waals surface area contributed by atoms with E-state index in [1.54, 1.807) is 29.5 Å². The number of hydrogen-bond donors (Lipinski definition) is 1. The van der Waals surface area contributed by atoms with Crippen LogP contribution in [0.2, 0.25) is 0 Å². The van der Waals surface area contributed by atoms with E-state index in [4.69, 9.17) is 9.47 Å². The Morgan fingerprint density at radius 1 is 1.07 bits per heavy atom. The molecule has 0 radical (unpaired) electrons. The third-order valence-corrected chi connectivity index (χ3v) is 6.54. The van der Waals surface area contributed by atoms with E-state index in [2.05, 4.69) is 52.0 Å². The summed E-state index contributed by atoms with van der Waals surface area (Å²) >= 11 is 1.74. The van der Waals surface area contributed by atoms with Gasteiger partial charge in [0.05, 0.1) is 6.04 Å². The summed E-state index contributed by atoms with van der Waals surface area (Å²) in [5.41, 5.74) is 3.39. The van der Waals surface area contributed by atoms with Crippen molar-refractivity contribution in [1.29, 1.82) is 0 Å². The van der Waals surface area contributed by atoms with Crippen molar-refractivity contribution in [1.82, 2.24) is 10.2 Å². The minimum absolute atomic E-state index is 0.0951. The molecule has 29 heavy (non-hydrogen) atoms. The zero-order chi connectivity index (χ0) is 19.6. The molecule has 0 bridgehead atoms. The second-order valence-electron chi connectivity index (χ2n) is 7.30. The predicted octanol–water partition coefficient (Wildman–Crippen LogP) is 4.01. The van der Waals surface area contributed by atoms with Crippen molar-refractivity contribution in [2.24, 2.45) is 0 Å². The van der Waals surface area contributed by atoms with Gasteiger partial charge in [-0.25, -0.2) is 0 Å². The van der Waals surface area contributed by atoms with Crippen LogP contribution < -0.4 is 14.8 Å². The van der Waals surface area contributed by atoms with E-state index >= 15 is 0 Å². The second-order valence-corrected chi connectivity index (χ2v) is 8.28. The van der Waals surface area contributed by atoms with Crippen LogP contribution in [0.25, 0.3) is 0 Å². The van der Waals surface area contributed by atoms with E-state index in [1.807, 2.05) is 0 Å². The molecule has 0 aliphatic carbocycles. The first-order chi connectivity index (χ1) is 14.3. The van der Waals surface area contributed by atoms with Crippen LogP contribution in [0, 0.1) is 0 Å². The number of thiophene rings is 1. The van der Waals surface area contributed by atoms with Crippen LogP contribution in [-0.4, -0.2) is 30.7 Å². The quantitative estimate of drug-likeness (QED) is 0.696. The van der Waals surface area contributed by atoms with Crippen molar-refractivity contribution >= 4 is 17.2 Å². The average molecular weight is 407 g/mol. The number of hydrogen-bond acceptors (Lipinski definition) is 5. The van der Waals surface area contributed by atoms with Gasteiger partial charge >= 0.3 is 0 Å². The highest BCUT2D eigenvalue weighted by molar-refractivity contribution is 7.10. The maximum absolute atomic E-state index is 12.8. The van der Waals surface area contributed by atoms with Crippen molar-refractivity contribution in [3.05, 3.63) is 81.5 Å². The molecule has 1 N–H and O–H groups in total. The molecule has 2 aliphatic rings. The molecule has 3 heterocycles. The third kappa shape index (κ3) is 3.73. The average Bonchev–Trinajstić information content (AvgIpc) is 3.45. The Balaban J connectivity index is 1.32. The van der Waals surface area contributed by atoms with Crippen LogP contribution in [-0.2, 0) is 13.0 Å². The van der Waals surface area contributed by atoms with Gasteiger partial charge in [-0.3, -0.25) is 9.69 Å². The van der Waals surface area contributed by atoms with E-state index in [9.17, 15) is 4.79 Å². The minimum atomic E-state index is -0.0951. The van der Waals surface area contributed by atoms with Gasteiger partial charge in [0.2, 0.25) is 6.79 Å². The topological polar surface area (TPSA) is 50.8 Å². The zero-order valence-electron chi connectivity index (χ0n) is 16.0. The van der Waals surface area contributed by atoms with Crippen LogP contribution in [0.3, 0.4) is 0 Å². The predicted molar refractivity (Wildman–Crippen MR) is 113 cm³/mol. The van der Waals surface area contributed by atoms with Crippen LogP contribution in [0.4, 0.5) is 0 Å². The standard InChI is InChI=1S/C23H22N2O3S/c26-23(17-7-8-20-21(12-17)28-15-27-20)24-13-19(22-6-3-11-29-22)25-10-9-16-4-1-2-5-18(16)14-25/h1-8,11-12,19H,9-10,13-15H2,(H,24,26)/t19-/m0/s1. The first-order valence-electron chi connectivity index (χ1n) is 9.80. The summed E-state index contributed by atoms with van der Waals surface area (Å²) in [5, 5.41) is 5.23. The summed E-state index contributed by atoms with van der Waals surface area (Å²) in [5.74, 6) is 1.22. The molecule has 6 heteroatoms. The molecule has 5 nitrogen and oxygen atoms in total. The summed E-state index contributed by atoms with van der Waals surface area (Å²) < 4.78 is 10.7. The molecule has 148 valence electrons. The maximum atomic E-state index is 12.8. The summed E-state index contributed by atoms with van der Waals surface area (Å²) in [6.45, 7) is 2.66. The fraction of sp³-hybridized carbons (Fsp3) is 0.261. The van der Waals surface area contributed by atoms with Gasteiger partial charge in [-0.1, -0.05) is 30.3 Å². The molecule has 0 saturated carbocycles. The SMILES string of the molecule is O=C(NC[C@@H](c1cccs1)N1CCc2ccccc2C1)c1ccc2c(c1)OCO2. The molecule has 2 aromatic carbocycles. The van der Waals surface area contributed by atoms with Crippen LogP contribution in [0.15, 0.2) is 60.0 Å². The van der Waals surface area contributed by atoms with Crippen LogP contribution in [0.1, 0.15) is 32.4 Å². The Labute approximate surface area is 173 Å². The zero-order valence-corrected chi connectivity index (χ0v) is 16.8. The van der Waals surface area contributed by atoms with Gasteiger partial charge in [0.15, 0.2) is 11.5 Å². The molecule has 0 saturated heterocycles. The lowest BCUT2D eigenvalue weighted by atomic mass is 9.98. The number of nitrogens with one attached hydrogen (secondary N) is 1. The summed E-state index contributed by atoms with van der Waals surface area (Å²) in [6.07, 6.45) is 1.04. The van der Waals surface area contributed by atoms with Gasteiger partial charge in [-0.05, 0) is 47.2 Å². The van der Waals surface area contributed by atoms with Crippen LogP contribution in [0.5, 0.6) is 11.5 Å². The van der Waals surface area contributed by atoms with Crippen molar-refractivity contribution in [2.75, 3.05) is 19.9 Å². The molecular weight excluding hydrogens is 384 g/mol. The van der Waals surface area contributed by atoms with E-state index in [0.29, 0.717) is 23.6 Å². The lowest BCUT2D eigenvalue weighted by molar-refractivity contribution is 0.0928. The highest BCUT2D eigenvalue weighted by Gasteiger charge is 2.26. The van der Waals surface area contributed by atoms with Crippen molar-refractivity contribution < 1.29 is 14.3 Å². The molecule has 0 spiro atoms. The first kappa shape index (κ1) is 18.2. The molecule has 0 unspecified atom stereocenters. The first-order valence-corrected chi connectivity index (χ1v) is 10.7. The number of carbonyl (C=O) groups is 1. The number of rotatable bonds is 5. The minimum Gasteiger partial charge on any atom is -0.454 e. The van der Waals surface area contributed by atoms with E-state index in [1.165, 1.54) is 16.0 Å². The van der Waals surface area contributed by atoms with E-state index in [-0.39, 0.29) is 18.7 Å². The van der Waals surface area contributed by atoms with Gasteiger partial charge in [0.25, 0.3) is 5.91 Å². The smallest absolute Gasteiger partial charge is 0.251 e. The highest BCUT2D eigenvalue weighted by atomic mass is 32.1. The van der Waals surface area contributed by atoms with Crippen LogP contribution >= 0.6 is 11.3 Å². The fourth-order valence-electron chi connectivity index (χ4n) is 4.00. The molecular formula is C23H22N2O3S. The number of amides is 1. The number of benzene rings is 2. The number of nitrogens with zero attached hydrogens (tertiary/aromatic N) is 1. The molecule has 5 rings (SSSR count). The third-order valence-electron chi connectivity index (χ3n) is 5.56. The summed E-state index contributed by atoms with van der Waals surface area (Å²) in [6, 6.07) is 18.3. The summed E-state index contributed by atoms with van der Waals surface area (Å²) in [4.78, 5) is 16.5. The molecule has 3 aromatic rings. The normalized spacial score (nSPS) is 16.3. The van der Waals surface area contributed by atoms with Gasteiger partial charge in [0, 0.05) is 30.1 Å². The summed E-state index contributed by atoms with van der Waals surface area (Å²) in [7, 11) is 0. The Bertz CT molecular complexity index is 1020. The highest BCUT2D eigenvalue weighted by Crippen LogP contribution is 2.33. The van der Waals surface area contributed by atoms with Gasteiger partial charge < -0.3 is 14.8 Å². The monoisotopic (exact) mass is 406 g/mol.